The fourth-order valence-corrected chi connectivity index (χ4v) is 3.85. The molecule has 1 fully saturated rings. The third kappa shape index (κ3) is 2.45. The molecule has 0 amide bonds. The van der Waals surface area contributed by atoms with Gasteiger partial charge in [-0.2, -0.15) is 0 Å². The minimum Gasteiger partial charge on any atom is -0.493 e. The van der Waals surface area contributed by atoms with E-state index in [-0.39, 0.29) is 5.92 Å². The smallest absolute Gasteiger partial charge is 0.122 e. The summed E-state index contributed by atoms with van der Waals surface area (Å²) in [6, 6.07) is 8.07. The number of aliphatic hydroxyl groups is 1. The van der Waals surface area contributed by atoms with E-state index in [2.05, 4.69) is 11.4 Å². The fraction of sp³-hybridized carbons (Fsp3) is 0.647. The number of fused-ring (bicyclic) bond motifs is 1. The van der Waals surface area contributed by atoms with Crippen LogP contribution in [0.2, 0.25) is 0 Å². The summed E-state index contributed by atoms with van der Waals surface area (Å²) in [5, 5.41) is 14.7. The Labute approximate surface area is 126 Å². The largest absolute Gasteiger partial charge is 0.493 e. The van der Waals surface area contributed by atoms with Crippen molar-refractivity contribution in [3.05, 3.63) is 29.8 Å². The summed E-state index contributed by atoms with van der Waals surface area (Å²) < 4.78 is 5.95. The van der Waals surface area contributed by atoms with Gasteiger partial charge in [0.05, 0.1) is 12.2 Å². The van der Waals surface area contributed by atoms with Crippen LogP contribution in [0.1, 0.15) is 25.3 Å². The summed E-state index contributed by atoms with van der Waals surface area (Å²) in [5.74, 6) is 1.16. The average Bonchev–Trinajstić information content (AvgIpc) is 2.55. The van der Waals surface area contributed by atoms with Crippen LogP contribution in [0.25, 0.3) is 0 Å². The second-order valence-corrected chi connectivity index (χ2v) is 6.75. The van der Waals surface area contributed by atoms with Gasteiger partial charge in [-0.3, -0.25) is 0 Å². The number of benzene rings is 1. The molecular formula is C17H26N2O2. The summed E-state index contributed by atoms with van der Waals surface area (Å²) in [4.78, 5) is 0. The summed E-state index contributed by atoms with van der Waals surface area (Å²) in [6.45, 7) is 4.78. The molecule has 21 heavy (non-hydrogen) atoms. The van der Waals surface area contributed by atoms with Crippen LogP contribution in [-0.2, 0) is 6.42 Å². The number of nitrogens with two attached hydrogens (primary N) is 1. The molecule has 4 N–H and O–H groups in total. The summed E-state index contributed by atoms with van der Waals surface area (Å²) in [6.07, 6.45) is 2.94. The predicted molar refractivity (Wildman–Crippen MR) is 83.3 cm³/mol. The Morgan fingerprint density at radius 2 is 2.29 bits per heavy atom. The minimum atomic E-state index is -0.831. The van der Waals surface area contributed by atoms with Crippen molar-refractivity contribution in [1.29, 1.82) is 0 Å². The molecule has 0 bridgehead atoms. The number of hydrogen-bond acceptors (Lipinski definition) is 4. The van der Waals surface area contributed by atoms with Gasteiger partial charge >= 0.3 is 0 Å². The van der Waals surface area contributed by atoms with Crippen molar-refractivity contribution < 1.29 is 9.84 Å². The Morgan fingerprint density at radius 3 is 3.00 bits per heavy atom. The highest BCUT2D eigenvalue weighted by molar-refractivity contribution is 5.37. The number of rotatable bonds is 3. The van der Waals surface area contributed by atoms with Crippen molar-refractivity contribution >= 4 is 0 Å². The Morgan fingerprint density at radius 1 is 1.48 bits per heavy atom. The molecule has 1 saturated heterocycles. The quantitative estimate of drug-likeness (QED) is 0.785. The van der Waals surface area contributed by atoms with Crippen molar-refractivity contribution in [3.8, 4) is 5.75 Å². The predicted octanol–water partition coefficient (Wildman–Crippen LogP) is 1.32. The maximum absolute atomic E-state index is 11.3. The molecule has 3 rings (SSSR count). The van der Waals surface area contributed by atoms with Crippen molar-refractivity contribution in [1.82, 2.24) is 5.32 Å². The van der Waals surface area contributed by atoms with Gasteiger partial charge in [0.1, 0.15) is 5.75 Å². The molecule has 2 aliphatic heterocycles. The molecule has 4 heteroatoms. The lowest BCUT2D eigenvalue weighted by atomic mass is 9.62. The lowest BCUT2D eigenvalue weighted by Crippen LogP contribution is -2.62. The summed E-state index contributed by atoms with van der Waals surface area (Å²) in [7, 11) is 0. The highest BCUT2D eigenvalue weighted by atomic mass is 16.5. The van der Waals surface area contributed by atoms with Crippen LogP contribution in [-0.4, -0.2) is 36.9 Å². The second kappa shape index (κ2) is 5.59. The van der Waals surface area contributed by atoms with E-state index < -0.39 is 11.0 Å². The molecule has 0 spiro atoms. The van der Waals surface area contributed by atoms with Gasteiger partial charge in [0, 0.05) is 24.4 Å². The van der Waals surface area contributed by atoms with Crippen molar-refractivity contribution in [2.45, 2.75) is 31.8 Å². The van der Waals surface area contributed by atoms with E-state index in [0.29, 0.717) is 13.2 Å². The van der Waals surface area contributed by atoms with Crippen LogP contribution in [0.3, 0.4) is 0 Å². The normalized spacial score (nSPS) is 31.9. The van der Waals surface area contributed by atoms with Crippen molar-refractivity contribution in [2.75, 3.05) is 26.2 Å². The number of piperidine rings is 1. The SMILES string of the molecule is CC(O)(C1CCCNC1)C1(CN)COc2ccccc2C1. The first kappa shape index (κ1) is 14.8. The first-order chi connectivity index (χ1) is 10.1. The molecule has 2 aliphatic rings. The molecule has 3 atom stereocenters. The Hall–Kier alpha value is -1.10. The van der Waals surface area contributed by atoms with Crippen molar-refractivity contribution in [2.24, 2.45) is 17.1 Å². The van der Waals surface area contributed by atoms with Crippen LogP contribution in [0.15, 0.2) is 24.3 Å². The third-order valence-corrected chi connectivity index (χ3v) is 5.56. The highest BCUT2D eigenvalue weighted by Gasteiger charge is 2.53. The Bertz CT molecular complexity index is 497. The van der Waals surface area contributed by atoms with E-state index in [4.69, 9.17) is 10.5 Å². The standard InChI is InChI=1S/C17H26N2O2/c1-16(20,14-6-4-8-19-10-14)17(11-18)9-13-5-2-3-7-15(13)21-12-17/h2-3,5,7,14,19-20H,4,6,8-12,18H2,1H3. The lowest BCUT2D eigenvalue weighted by Gasteiger charge is -2.51. The molecule has 3 unspecified atom stereocenters. The van der Waals surface area contributed by atoms with Crippen LogP contribution in [0.5, 0.6) is 5.75 Å². The molecule has 116 valence electrons. The van der Waals surface area contributed by atoms with Crippen LogP contribution in [0.4, 0.5) is 0 Å². The van der Waals surface area contributed by atoms with E-state index in [1.165, 1.54) is 0 Å². The zero-order valence-electron chi connectivity index (χ0n) is 12.8. The van der Waals surface area contributed by atoms with E-state index in [9.17, 15) is 5.11 Å². The van der Waals surface area contributed by atoms with E-state index in [1.807, 2.05) is 25.1 Å². The van der Waals surface area contributed by atoms with Gasteiger partial charge in [-0.25, -0.2) is 0 Å². The topological polar surface area (TPSA) is 67.5 Å². The molecule has 4 nitrogen and oxygen atoms in total. The lowest BCUT2D eigenvalue weighted by molar-refractivity contribution is -0.135. The first-order valence-electron chi connectivity index (χ1n) is 7.93. The fourth-order valence-electron chi connectivity index (χ4n) is 3.85. The van der Waals surface area contributed by atoms with Crippen molar-refractivity contribution in [3.63, 3.8) is 0 Å². The zero-order valence-corrected chi connectivity index (χ0v) is 12.8. The molecule has 1 aromatic carbocycles. The van der Waals surface area contributed by atoms with Crippen LogP contribution in [0, 0.1) is 11.3 Å². The minimum absolute atomic E-state index is 0.226. The molecule has 0 aliphatic carbocycles. The maximum Gasteiger partial charge on any atom is 0.122 e. The van der Waals surface area contributed by atoms with Crippen LogP contribution >= 0.6 is 0 Å². The average molecular weight is 290 g/mol. The molecule has 1 aromatic rings. The Kier molecular flexibility index (Phi) is 3.95. The summed E-state index contributed by atoms with van der Waals surface area (Å²) in [5.41, 5.74) is 6.04. The number of para-hydroxylation sites is 1. The third-order valence-electron chi connectivity index (χ3n) is 5.56. The molecule has 0 aromatic heterocycles. The molecule has 0 radical (unpaired) electrons. The van der Waals surface area contributed by atoms with Gasteiger partial charge in [0.15, 0.2) is 0 Å². The van der Waals surface area contributed by atoms with Gasteiger partial charge in [0.2, 0.25) is 0 Å². The van der Waals surface area contributed by atoms with Gasteiger partial charge < -0.3 is 20.9 Å². The highest BCUT2D eigenvalue weighted by Crippen LogP contribution is 2.45. The van der Waals surface area contributed by atoms with Crippen LogP contribution < -0.4 is 15.8 Å². The second-order valence-electron chi connectivity index (χ2n) is 6.75. The number of ether oxygens (including phenoxy) is 1. The molecule has 2 heterocycles. The molecule has 0 saturated carbocycles. The van der Waals surface area contributed by atoms with E-state index in [0.717, 1.165) is 43.7 Å². The zero-order chi connectivity index (χ0) is 14.9. The maximum atomic E-state index is 11.3. The van der Waals surface area contributed by atoms with Gasteiger partial charge in [-0.15, -0.1) is 0 Å². The number of hydrogen-bond donors (Lipinski definition) is 3. The van der Waals surface area contributed by atoms with Gasteiger partial charge in [-0.1, -0.05) is 18.2 Å². The summed E-state index contributed by atoms with van der Waals surface area (Å²) >= 11 is 0. The molecular weight excluding hydrogens is 264 g/mol. The van der Waals surface area contributed by atoms with E-state index in [1.54, 1.807) is 0 Å². The van der Waals surface area contributed by atoms with Gasteiger partial charge in [-0.05, 0) is 44.4 Å². The van der Waals surface area contributed by atoms with Gasteiger partial charge in [0.25, 0.3) is 0 Å². The number of nitrogens with one attached hydrogen (secondary N) is 1. The van der Waals surface area contributed by atoms with E-state index >= 15 is 0 Å². The monoisotopic (exact) mass is 290 g/mol. The first-order valence-corrected chi connectivity index (χ1v) is 7.93. The Balaban J connectivity index is 1.90.